The van der Waals surface area contributed by atoms with Gasteiger partial charge in [0.2, 0.25) is 0 Å². The summed E-state index contributed by atoms with van der Waals surface area (Å²) in [5, 5.41) is 12.0. The lowest BCUT2D eigenvalue weighted by Gasteiger charge is -2.32. The van der Waals surface area contributed by atoms with Crippen molar-refractivity contribution in [2.24, 2.45) is 0 Å². The van der Waals surface area contributed by atoms with Crippen LogP contribution in [0.4, 0.5) is 0 Å². The number of fused-ring (bicyclic) bond motifs is 1. The molecule has 4 rings (SSSR count). The van der Waals surface area contributed by atoms with Crippen LogP contribution < -0.4 is 0 Å². The van der Waals surface area contributed by atoms with E-state index in [0.29, 0.717) is 19.8 Å². The Bertz CT molecular complexity index is 875. The van der Waals surface area contributed by atoms with Crippen LogP contribution in [0, 0.1) is 6.92 Å². The number of morpholine rings is 1. The Labute approximate surface area is 151 Å². The van der Waals surface area contributed by atoms with Gasteiger partial charge in [-0.1, -0.05) is 6.07 Å². The lowest BCUT2D eigenvalue weighted by Crippen LogP contribution is -2.39. The van der Waals surface area contributed by atoms with Crippen LogP contribution in [0.1, 0.15) is 23.3 Å². The van der Waals surface area contributed by atoms with E-state index in [-0.39, 0.29) is 6.10 Å². The highest BCUT2D eigenvalue weighted by molar-refractivity contribution is 5.42. The Kier molecular flexibility index (Phi) is 4.91. The second-order valence-electron chi connectivity index (χ2n) is 6.42. The second-order valence-corrected chi connectivity index (χ2v) is 6.42. The SMILES string of the molecule is COCCn1nnnc1C1CN(Cc2c(C)nc3ccccn23)CCO1. The van der Waals surface area contributed by atoms with Gasteiger partial charge in [-0.05, 0) is 29.5 Å². The maximum atomic E-state index is 5.94. The van der Waals surface area contributed by atoms with Gasteiger partial charge in [-0.3, -0.25) is 4.90 Å². The van der Waals surface area contributed by atoms with Gasteiger partial charge in [-0.15, -0.1) is 5.10 Å². The van der Waals surface area contributed by atoms with Gasteiger partial charge in [-0.2, -0.15) is 0 Å². The molecule has 0 bridgehead atoms. The van der Waals surface area contributed by atoms with E-state index in [0.717, 1.165) is 36.8 Å². The third-order valence-electron chi connectivity index (χ3n) is 4.71. The van der Waals surface area contributed by atoms with Crippen LogP contribution in [0.3, 0.4) is 0 Å². The van der Waals surface area contributed by atoms with Crippen LogP contribution in [-0.4, -0.2) is 67.9 Å². The zero-order valence-electron chi connectivity index (χ0n) is 15.1. The molecule has 0 aliphatic carbocycles. The molecule has 1 unspecified atom stereocenters. The molecule has 26 heavy (non-hydrogen) atoms. The minimum Gasteiger partial charge on any atom is -0.383 e. The largest absolute Gasteiger partial charge is 0.383 e. The fraction of sp³-hybridized carbons (Fsp3) is 0.529. The summed E-state index contributed by atoms with van der Waals surface area (Å²) >= 11 is 0. The van der Waals surface area contributed by atoms with E-state index in [2.05, 4.69) is 42.9 Å². The van der Waals surface area contributed by atoms with Crippen LogP contribution in [0.5, 0.6) is 0 Å². The molecule has 9 nitrogen and oxygen atoms in total. The number of imidazole rings is 1. The Morgan fingerprint density at radius 3 is 3.15 bits per heavy atom. The first-order chi connectivity index (χ1) is 12.8. The smallest absolute Gasteiger partial charge is 0.181 e. The van der Waals surface area contributed by atoms with E-state index >= 15 is 0 Å². The summed E-state index contributed by atoms with van der Waals surface area (Å²) in [6.45, 7) is 6.32. The quantitative estimate of drug-likeness (QED) is 0.647. The van der Waals surface area contributed by atoms with E-state index in [1.54, 1.807) is 11.8 Å². The molecule has 0 amide bonds. The topological polar surface area (TPSA) is 82.6 Å². The number of ether oxygens (including phenoxy) is 2. The highest BCUT2D eigenvalue weighted by atomic mass is 16.5. The van der Waals surface area contributed by atoms with Crippen molar-refractivity contribution >= 4 is 5.65 Å². The van der Waals surface area contributed by atoms with Crippen molar-refractivity contribution in [3.05, 3.63) is 41.6 Å². The highest BCUT2D eigenvalue weighted by Gasteiger charge is 2.27. The number of aromatic nitrogens is 6. The molecule has 9 heteroatoms. The molecule has 0 spiro atoms. The van der Waals surface area contributed by atoms with Crippen molar-refractivity contribution in [2.75, 3.05) is 33.4 Å². The molecule has 4 heterocycles. The molecule has 1 aliphatic rings. The van der Waals surface area contributed by atoms with Crippen molar-refractivity contribution in [3.8, 4) is 0 Å². The summed E-state index contributed by atoms with van der Waals surface area (Å²) in [7, 11) is 1.67. The van der Waals surface area contributed by atoms with Gasteiger partial charge in [-0.25, -0.2) is 9.67 Å². The van der Waals surface area contributed by atoms with E-state index in [1.807, 2.05) is 18.2 Å². The number of pyridine rings is 1. The predicted octanol–water partition coefficient (Wildman–Crippen LogP) is 0.849. The van der Waals surface area contributed by atoms with Gasteiger partial charge in [0, 0.05) is 32.9 Å². The maximum absolute atomic E-state index is 5.94. The third-order valence-corrected chi connectivity index (χ3v) is 4.71. The summed E-state index contributed by atoms with van der Waals surface area (Å²) in [4.78, 5) is 7.02. The van der Waals surface area contributed by atoms with Crippen molar-refractivity contribution in [3.63, 3.8) is 0 Å². The molecular formula is C17H23N7O2. The number of aryl methyl sites for hydroxylation is 1. The number of methoxy groups -OCH3 is 1. The molecule has 0 aromatic carbocycles. The van der Waals surface area contributed by atoms with Gasteiger partial charge in [0.15, 0.2) is 5.82 Å². The third kappa shape index (κ3) is 3.33. The first-order valence-corrected chi connectivity index (χ1v) is 8.78. The van der Waals surface area contributed by atoms with E-state index in [9.17, 15) is 0 Å². The summed E-state index contributed by atoms with van der Waals surface area (Å²) in [6, 6.07) is 6.07. The second kappa shape index (κ2) is 7.48. The van der Waals surface area contributed by atoms with Crippen LogP contribution >= 0.6 is 0 Å². The number of hydrogen-bond donors (Lipinski definition) is 0. The molecule has 0 radical (unpaired) electrons. The number of nitrogens with zero attached hydrogens (tertiary/aromatic N) is 7. The van der Waals surface area contributed by atoms with Gasteiger partial charge >= 0.3 is 0 Å². The molecule has 1 saturated heterocycles. The van der Waals surface area contributed by atoms with Crippen LogP contribution in [0.25, 0.3) is 5.65 Å². The van der Waals surface area contributed by atoms with Crippen molar-refractivity contribution in [1.29, 1.82) is 0 Å². The first kappa shape index (κ1) is 17.1. The van der Waals surface area contributed by atoms with Crippen LogP contribution in [-0.2, 0) is 22.6 Å². The van der Waals surface area contributed by atoms with E-state index < -0.39 is 0 Å². The Hall–Kier alpha value is -2.36. The Balaban J connectivity index is 1.50. The Morgan fingerprint density at radius 1 is 1.35 bits per heavy atom. The molecule has 0 saturated carbocycles. The van der Waals surface area contributed by atoms with Crippen molar-refractivity contribution in [1.82, 2.24) is 34.5 Å². The highest BCUT2D eigenvalue weighted by Crippen LogP contribution is 2.22. The summed E-state index contributed by atoms with van der Waals surface area (Å²) in [5.41, 5.74) is 3.25. The molecule has 3 aromatic rings. The van der Waals surface area contributed by atoms with Crippen molar-refractivity contribution in [2.45, 2.75) is 26.1 Å². The monoisotopic (exact) mass is 357 g/mol. The fourth-order valence-electron chi connectivity index (χ4n) is 3.35. The summed E-state index contributed by atoms with van der Waals surface area (Å²) in [6.07, 6.45) is 1.92. The van der Waals surface area contributed by atoms with E-state index in [4.69, 9.17) is 9.47 Å². The first-order valence-electron chi connectivity index (χ1n) is 8.78. The zero-order valence-corrected chi connectivity index (χ0v) is 15.1. The van der Waals surface area contributed by atoms with Crippen LogP contribution in [0.15, 0.2) is 24.4 Å². The summed E-state index contributed by atoms with van der Waals surface area (Å²) < 4.78 is 15.0. The molecule has 0 N–H and O–H groups in total. The van der Waals surface area contributed by atoms with Gasteiger partial charge in [0.05, 0.1) is 31.1 Å². The van der Waals surface area contributed by atoms with Gasteiger partial charge < -0.3 is 13.9 Å². The Morgan fingerprint density at radius 2 is 2.27 bits per heavy atom. The molecule has 1 atom stereocenters. The standard InChI is InChI=1S/C17H23N7O2/c1-13-14(23-6-4-3-5-16(23)18-13)11-22-7-10-26-15(12-22)17-19-20-21-24(17)8-9-25-2/h3-6,15H,7-12H2,1-2H3. The van der Waals surface area contributed by atoms with Crippen LogP contribution in [0.2, 0.25) is 0 Å². The minimum atomic E-state index is -0.143. The minimum absolute atomic E-state index is 0.143. The zero-order chi connectivity index (χ0) is 17.9. The molecular weight excluding hydrogens is 334 g/mol. The van der Waals surface area contributed by atoms with E-state index in [1.165, 1.54) is 5.69 Å². The predicted molar refractivity (Wildman–Crippen MR) is 93.6 cm³/mol. The average Bonchev–Trinajstić information content (AvgIpc) is 3.25. The number of rotatable bonds is 6. The summed E-state index contributed by atoms with van der Waals surface area (Å²) in [5.74, 6) is 0.751. The number of hydrogen-bond acceptors (Lipinski definition) is 7. The number of tetrazole rings is 1. The van der Waals surface area contributed by atoms with Gasteiger partial charge in [0.1, 0.15) is 11.8 Å². The molecule has 138 valence electrons. The molecule has 3 aromatic heterocycles. The fourth-order valence-corrected chi connectivity index (χ4v) is 3.35. The van der Waals surface area contributed by atoms with Gasteiger partial charge in [0.25, 0.3) is 0 Å². The maximum Gasteiger partial charge on any atom is 0.181 e. The lowest BCUT2D eigenvalue weighted by molar-refractivity contribution is -0.0401. The average molecular weight is 357 g/mol. The molecule has 1 aliphatic heterocycles. The lowest BCUT2D eigenvalue weighted by atomic mass is 10.2. The van der Waals surface area contributed by atoms with Crippen molar-refractivity contribution < 1.29 is 9.47 Å². The normalized spacial score (nSPS) is 18.6. The molecule has 1 fully saturated rings.